The van der Waals surface area contributed by atoms with Crippen molar-refractivity contribution >= 4 is 23.1 Å². The highest BCUT2D eigenvalue weighted by Crippen LogP contribution is 2.38. The Kier molecular flexibility index (Phi) is 4.79. The number of esters is 1. The number of carbonyl (C=O) groups is 2. The molecule has 1 heterocycles. The third kappa shape index (κ3) is 3.31. The second-order valence-corrected chi connectivity index (χ2v) is 6.25. The first-order chi connectivity index (χ1) is 11.2. The van der Waals surface area contributed by atoms with E-state index in [0.29, 0.717) is 18.1 Å². The zero-order valence-corrected chi connectivity index (χ0v) is 13.6. The van der Waals surface area contributed by atoms with Crippen LogP contribution in [0.15, 0.2) is 30.3 Å². The lowest BCUT2D eigenvalue weighted by molar-refractivity contribution is -0.137. The third-order valence-electron chi connectivity index (χ3n) is 4.67. The maximum Gasteiger partial charge on any atom is 0.331 e. The molecule has 3 rings (SSSR count). The molecule has 2 aliphatic rings. The number of benzene rings is 1. The molecular formula is C19H23NO3. The minimum absolute atomic E-state index is 0.0789. The second kappa shape index (κ2) is 6.99. The normalized spacial score (nSPS) is 20.0. The summed E-state index contributed by atoms with van der Waals surface area (Å²) < 4.78 is 4.97. The van der Waals surface area contributed by atoms with Gasteiger partial charge in [-0.15, -0.1) is 0 Å². The molecule has 0 atom stereocenters. The van der Waals surface area contributed by atoms with E-state index in [1.807, 2.05) is 29.2 Å². The van der Waals surface area contributed by atoms with E-state index in [1.54, 1.807) is 6.92 Å². The highest BCUT2D eigenvalue weighted by Gasteiger charge is 2.34. The number of carbonyl (C=O) groups excluding carboxylic acids is 2. The fourth-order valence-electron chi connectivity index (χ4n) is 3.56. The summed E-state index contributed by atoms with van der Waals surface area (Å²) in [5.41, 5.74) is 2.20. The Labute approximate surface area is 137 Å². The molecule has 0 saturated heterocycles. The van der Waals surface area contributed by atoms with Gasteiger partial charge >= 0.3 is 5.97 Å². The number of hydrogen-bond donors (Lipinski definition) is 0. The Hall–Kier alpha value is -2.10. The van der Waals surface area contributed by atoms with Gasteiger partial charge in [-0.25, -0.2) is 4.79 Å². The molecule has 0 radical (unpaired) electrons. The molecule has 1 aliphatic heterocycles. The second-order valence-electron chi connectivity index (χ2n) is 6.25. The van der Waals surface area contributed by atoms with E-state index >= 15 is 0 Å². The maximum atomic E-state index is 12.8. The number of anilines is 1. The van der Waals surface area contributed by atoms with Gasteiger partial charge in [-0.1, -0.05) is 37.5 Å². The van der Waals surface area contributed by atoms with Gasteiger partial charge in [-0.05, 0) is 31.7 Å². The SMILES string of the molecule is CCOC(=O)/C=C1/C(=O)N(CC2CCCCC2)c2ccccc21. The van der Waals surface area contributed by atoms with Crippen LogP contribution >= 0.6 is 0 Å². The van der Waals surface area contributed by atoms with Crippen LogP contribution in [-0.4, -0.2) is 25.0 Å². The van der Waals surface area contributed by atoms with Gasteiger partial charge in [-0.3, -0.25) is 4.79 Å². The summed E-state index contributed by atoms with van der Waals surface area (Å²) in [6.07, 6.45) is 7.51. The van der Waals surface area contributed by atoms with Crippen molar-refractivity contribution in [1.29, 1.82) is 0 Å². The van der Waals surface area contributed by atoms with E-state index in [-0.39, 0.29) is 5.91 Å². The Morgan fingerprint density at radius 1 is 1.26 bits per heavy atom. The van der Waals surface area contributed by atoms with Gasteiger partial charge < -0.3 is 9.64 Å². The molecular weight excluding hydrogens is 290 g/mol. The first-order valence-corrected chi connectivity index (χ1v) is 8.50. The van der Waals surface area contributed by atoms with E-state index in [1.165, 1.54) is 38.2 Å². The summed E-state index contributed by atoms with van der Waals surface area (Å²) in [6, 6.07) is 7.70. The predicted octanol–water partition coefficient (Wildman–Crippen LogP) is 3.56. The number of para-hydroxylation sites is 1. The summed E-state index contributed by atoms with van der Waals surface area (Å²) in [5.74, 6) is 0.0256. The Bertz CT molecular complexity index is 629. The lowest BCUT2D eigenvalue weighted by Gasteiger charge is -2.27. The lowest BCUT2D eigenvalue weighted by Crippen LogP contribution is -2.33. The molecule has 1 amide bonds. The molecule has 0 aromatic heterocycles. The topological polar surface area (TPSA) is 46.6 Å². The van der Waals surface area contributed by atoms with Gasteiger partial charge in [0.2, 0.25) is 0 Å². The van der Waals surface area contributed by atoms with Crippen LogP contribution in [0.25, 0.3) is 5.57 Å². The number of hydrogen-bond acceptors (Lipinski definition) is 3. The van der Waals surface area contributed by atoms with Crippen molar-refractivity contribution in [2.24, 2.45) is 5.92 Å². The van der Waals surface area contributed by atoms with Crippen LogP contribution in [0.1, 0.15) is 44.6 Å². The van der Waals surface area contributed by atoms with Gasteiger partial charge in [0.25, 0.3) is 5.91 Å². The molecule has 0 bridgehead atoms. The van der Waals surface area contributed by atoms with Crippen molar-refractivity contribution in [2.75, 3.05) is 18.1 Å². The van der Waals surface area contributed by atoms with Gasteiger partial charge in [-0.2, -0.15) is 0 Å². The molecule has 0 N–H and O–H groups in total. The molecule has 4 nitrogen and oxygen atoms in total. The Morgan fingerprint density at radius 2 is 2.00 bits per heavy atom. The van der Waals surface area contributed by atoms with E-state index in [0.717, 1.165) is 17.8 Å². The molecule has 0 spiro atoms. The van der Waals surface area contributed by atoms with Gasteiger partial charge in [0.05, 0.1) is 17.9 Å². The first-order valence-electron chi connectivity index (χ1n) is 8.50. The zero-order valence-electron chi connectivity index (χ0n) is 13.6. The number of amides is 1. The van der Waals surface area contributed by atoms with Crippen LogP contribution in [0.3, 0.4) is 0 Å². The molecule has 122 valence electrons. The van der Waals surface area contributed by atoms with Crippen molar-refractivity contribution < 1.29 is 14.3 Å². The number of nitrogens with zero attached hydrogens (tertiary/aromatic N) is 1. The summed E-state index contributed by atoms with van der Waals surface area (Å²) in [6.45, 7) is 2.82. The van der Waals surface area contributed by atoms with Crippen LogP contribution in [-0.2, 0) is 14.3 Å². The molecule has 1 aliphatic carbocycles. The fraction of sp³-hybridized carbons (Fsp3) is 0.474. The summed E-state index contributed by atoms with van der Waals surface area (Å²) in [5, 5.41) is 0. The molecule has 23 heavy (non-hydrogen) atoms. The van der Waals surface area contributed by atoms with Crippen LogP contribution in [0.2, 0.25) is 0 Å². The quantitative estimate of drug-likeness (QED) is 0.631. The highest BCUT2D eigenvalue weighted by molar-refractivity contribution is 6.34. The highest BCUT2D eigenvalue weighted by atomic mass is 16.5. The van der Waals surface area contributed by atoms with Crippen LogP contribution in [0.4, 0.5) is 5.69 Å². The molecule has 1 saturated carbocycles. The average Bonchev–Trinajstić information content (AvgIpc) is 2.82. The van der Waals surface area contributed by atoms with E-state index in [9.17, 15) is 9.59 Å². The van der Waals surface area contributed by atoms with E-state index in [4.69, 9.17) is 4.74 Å². The minimum Gasteiger partial charge on any atom is -0.463 e. The summed E-state index contributed by atoms with van der Waals surface area (Å²) >= 11 is 0. The van der Waals surface area contributed by atoms with Crippen molar-refractivity contribution in [1.82, 2.24) is 0 Å². The third-order valence-corrected chi connectivity index (χ3v) is 4.67. The van der Waals surface area contributed by atoms with Gasteiger partial charge in [0.1, 0.15) is 0 Å². The van der Waals surface area contributed by atoms with Crippen molar-refractivity contribution in [3.05, 3.63) is 35.9 Å². The van der Waals surface area contributed by atoms with Crippen LogP contribution in [0, 0.1) is 5.92 Å². The van der Waals surface area contributed by atoms with Crippen molar-refractivity contribution in [2.45, 2.75) is 39.0 Å². The lowest BCUT2D eigenvalue weighted by atomic mass is 9.89. The molecule has 4 heteroatoms. The fourth-order valence-corrected chi connectivity index (χ4v) is 3.56. The monoisotopic (exact) mass is 313 g/mol. The maximum absolute atomic E-state index is 12.8. The summed E-state index contributed by atoms with van der Waals surface area (Å²) in [4.78, 5) is 26.5. The first kappa shape index (κ1) is 15.8. The number of ether oxygens (including phenoxy) is 1. The molecule has 1 aromatic rings. The van der Waals surface area contributed by atoms with Crippen molar-refractivity contribution in [3.8, 4) is 0 Å². The van der Waals surface area contributed by atoms with E-state index < -0.39 is 5.97 Å². The van der Waals surface area contributed by atoms with Crippen LogP contribution < -0.4 is 4.90 Å². The molecule has 0 unspecified atom stereocenters. The van der Waals surface area contributed by atoms with Gasteiger partial charge in [0, 0.05) is 18.2 Å². The smallest absolute Gasteiger partial charge is 0.331 e. The van der Waals surface area contributed by atoms with Gasteiger partial charge in [0.15, 0.2) is 0 Å². The number of fused-ring (bicyclic) bond motifs is 1. The Balaban J connectivity index is 1.87. The predicted molar refractivity (Wildman–Crippen MR) is 90.0 cm³/mol. The van der Waals surface area contributed by atoms with Crippen molar-refractivity contribution in [3.63, 3.8) is 0 Å². The van der Waals surface area contributed by atoms with Crippen LogP contribution in [0.5, 0.6) is 0 Å². The molecule has 1 fully saturated rings. The summed E-state index contributed by atoms with van der Waals surface area (Å²) in [7, 11) is 0. The largest absolute Gasteiger partial charge is 0.463 e. The van der Waals surface area contributed by atoms with E-state index in [2.05, 4.69) is 0 Å². The number of rotatable bonds is 4. The zero-order chi connectivity index (χ0) is 16.2. The standard InChI is InChI=1S/C19H23NO3/c1-2-23-18(21)12-16-15-10-6-7-11-17(15)20(19(16)22)13-14-8-4-3-5-9-14/h6-7,10-12,14H,2-5,8-9,13H2,1H3/b16-12+. The Morgan fingerprint density at radius 3 is 2.74 bits per heavy atom. The minimum atomic E-state index is -0.454. The average molecular weight is 313 g/mol. The molecule has 1 aromatic carbocycles.